The highest BCUT2D eigenvalue weighted by Crippen LogP contribution is 2.20. The fourth-order valence-electron chi connectivity index (χ4n) is 3.36. The van der Waals surface area contributed by atoms with E-state index < -0.39 is 47.9 Å². The monoisotopic (exact) mass is 473 g/mol. The van der Waals surface area contributed by atoms with E-state index in [0.29, 0.717) is 38.8 Å². The van der Waals surface area contributed by atoms with Gasteiger partial charge in [0.05, 0.1) is 6.04 Å². The predicted molar refractivity (Wildman–Crippen MR) is 123 cm³/mol. The lowest BCUT2D eigenvalue weighted by molar-refractivity contribution is -0.150. The van der Waals surface area contributed by atoms with Crippen LogP contribution >= 0.6 is 12.6 Å². The Bertz CT molecular complexity index is 714. The summed E-state index contributed by atoms with van der Waals surface area (Å²) in [5, 5.41) is 14.5. The zero-order valence-corrected chi connectivity index (χ0v) is 19.4. The van der Waals surface area contributed by atoms with E-state index in [1.54, 1.807) is 13.8 Å². The van der Waals surface area contributed by atoms with Crippen LogP contribution in [0.1, 0.15) is 39.5 Å². The number of thiol groups is 1. The second-order valence-corrected chi connectivity index (χ2v) is 8.42. The van der Waals surface area contributed by atoms with Crippen LogP contribution in [-0.2, 0) is 19.2 Å². The van der Waals surface area contributed by atoms with Crippen molar-refractivity contribution in [3.63, 3.8) is 0 Å². The summed E-state index contributed by atoms with van der Waals surface area (Å²) < 4.78 is 0. The average molecular weight is 474 g/mol. The number of carboxylic acid groups (broad SMARTS) is 1. The molecule has 0 saturated carbocycles. The van der Waals surface area contributed by atoms with Crippen LogP contribution in [0.15, 0.2) is 4.99 Å². The summed E-state index contributed by atoms with van der Waals surface area (Å²) in [7, 11) is 0. The first kappa shape index (κ1) is 27.5. The summed E-state index contributed by atoms with van der Waals surface area (Å²) >= 11 is 4.13. The Morgan fingerprint density at radius 3 is 2.38 bits per heavy atom. The van der Waals surface area contributed by atoms with E-state index in [-0.39, 0.29) is 17.6 Å². The Morgan fingerprint density at radius 1 is 1.19 bits per heavy atom. The molecule has 1 fully saturated rings. The first-order valence-electron chi connectivity index (χ1n) is 10.5. The highest BCUT2D eigenvalue weighted by Gasteiger charge is 2.39. The van der Waals surface area contributed by atoms with Crippen LogP contribution in [0.5, 0.6) is 0 Å². The number of guanidine groups is 1. The van der Waals surface area contributed by atoms with Crippen molar-refractivity contribution in [3.05, 3.63) is 0 Å². The number of nitrogens with zero attached hydrogens (tertiary/aromatic N) is 2. The van der Waals surface area contributed by atoms with Crippen molar-refractivity contribution >= 4 is 42.3 Å². The van der Waals surface area contributed by atoms with Crippen LogP contribution in [0.2, 0.25) is 0 Å². The fourth-order valence-corrected chi connectivity index (χ4v) is 3.61. The molecule has 32 heavy (non-hydrogen) atoms. The highest BCUT2D eigenvalue weighted by atomic mass is 32.1. The molecule has 0 aromatic carbocycles. The quantitative estimate of drug-likeness (QED) is 0.0728. The van der Waals surface area contributed by atoms with Gasteiger partial charge >= 0.3 is 5.97 Å². The van der Waals surface area contributed by atoms with Crippen LogP contribution in [0.3, 0.4) is 0 Å². The Kier molecular flexibility index (Phi) is 11.3. The summed E-state index contributed by atoms with van der Waals surface area (Å²) in [6, 6.07) is -3.73. The van der Waals surface area contributed by atoms with Crippen LogP contribution in [0.25, 0.3) is 0 Å². The third kappa shape index (κ3) is 8.19. The maximum absolute atomic E-state index is 13.0. The molecule has 0 radical (unpaired) electrons. The van der Waals surface area contributed by atoms with E-state index in [2.05, 4.69) is 28.3 Å². The highest BCUT2D eigenvalue weighted by molar-refractivity contribution is 7.80. The van der Waals surface area contributed by atoms with Crippen molar-refractivity contribution in [1.29, 1.82) is 0 Å². The molecule has 3 amide bonds. The average Bonchev–Trinajstić information content (AvgIpc) is 3.22. The molecule has 0 aromatic heterocycles. The number of carbonyl (C=O) groups is 4. The molecule has 0 bridgehead atoms. The van der Waals surface area contributed by atoms with Crippen molar-refractivity contribution < 1.29 is 24.3 Å². The van der Waals surface area contributed by atoms with Crippen molar-refractivity contribution in [3.8, 4) is 0 Å². The molecule has 9 N–H and O–H groups in total. The van der Waals surface area contributed by atoms with Gasteiger partial charge in [-0.1, -0.05) is 13.8 Å². The van der Waals surface area contributed by atoms with Gasteiger partial charge in [0, 0.05) is 18.8 Å². The molecule has 182 valence electrons. The van der Waals surface area contributed by atoms with Gasteiger partial charge in [-0.05, 0) is 31.6 Å². The lowest BCUT2D eigenvalue weighted by Gasteiger charge is -2.30. The number of aliphatic carboxylic acids is 1. The smallest absolute Gasteiger partial charge is 0.326 e. The Hall–Kier alpha value is -2.54. The van der Waals surface area contributed by atoms with Crippen molar-refractivity contribution in [1.82, 2.24) is 15.5 Å². The number of carboxylic acids is 1. The minimum Gasteiger partial charge on any atom is -0.480 e. The largest absolute Gasteiger partial charge is 0.480 e. The minimum absolute atomic E-state index is 0.0151. The molecule has 4 atom stereocenters. The van der Waals surface area contributed by atoms with E-state index in [1.165, 1.54) is 4.90 Å². The number of likely N-dealkylation sites (tertiary alicyclic amines) is 1. The fraction of sp³-hybridized carbons (Fsp3) is 0.737. The Labute approximate surface area is 193 Å². The number of hydrogen-bond donors (Lipinski definition) is 7. The van der Waals surface area contributed by atoms with Crippen LogP contribution in [-0.4, -0.2) is 82.7 Å². The molecular weight excluding hydrogens is 438 g/mol. The van der Waals surface area contributed by atoms with E-state index in [4.69, 9.17) is 17.2 Å². The predicted octanol–water partition coefficient (Wildman–Crippen LogP) is -2.00. The third-order valence-electron chi connectivity index (χ3n) is 5.17. The normalized spacial score (nSPS) is 18.5. The first-order valence-corrected chi connectivity index (χ1v) is 11.2. The number of nitrogens with two attached hydrogens (primary N) is 3. The van der Waals surface area contributed by atoms with Crippen LogP contribution < -0.4 is 27.8 Å². The summed E-state index contributed by atoms with van der Waals surface area (Å²) in [5.74, 6) is -3.03. The van der Waals surface area contributed by atoms with Crippen molar-refractivity contribution in [2.45, 2.75) is 63.7 Å². The van der Waals surface area contributed by atoms with E-state index in [9.17, 15) is 24.3 Å². The Morgan fingerprint density at radius 2 is 1.84 bits per heavy atom. The van der Waals surface area contributed by atoms with Gasteiger partial charge in [0.1, 0.15) is 18.1 Å². The lowest BCUT2D eigenvalue weighted by Crippen LogP contribution is -2.59. The minimum atomic E-state index is -1.07. The first-order chi connectivity index (χ1) is 15.0. The molecule has 13 heteroatoms. The van der Waals surface area contributed by atoms with Crippen LogP contribution in [0, 0.1) is 5.92 Å². The van der Waals surface area contributed by atoms with Gasteiger partial charge in [0.25, 0.3) is 0 Å². The number of amides is 3. The van der Waals surface area contributed by atoms with E-state index in [0.717, 1.165) is 0 Å². The number of aliphatic imine (C=N–C) groups is 1. The van der Waals surface area contributed by atoms with Crippen molar-refractivity contribution in [2.75, 3.05) is 18.8 Å². The van der Waals surface area contributed by atoms with Gasteiger partial charge in [-0.15, -0.1) is 0 Å². The molecular formula is C19H35N7O5S. The number of carbonyl (C=O) groups excluding carboxylic acids is 3. The zero-order chi connectivity index (χ0) is 24.4. The van der Waals surface area contributed by atoms with Crippen LogP contribution in [0.4, 0.5) is 0 Å². The molecule has 1 saturated heterocycles. The van der Waals surface area contributed by atoms with Gasteiger partial charge in [-0.25, -0.2) is 4.79 Å². The number of nitrogens with one attached hydrogen (secondary N) is 2. The standard InChI is InChI=1S/C19H35N7O5S/c1-10(2)14(17(29)26-8-4-6-13(26)18(30)31)25-16(28)12(9-32)24-15(27)11(20)5-3-7-23-19(21)22/h10-14,32H,3-9,20H2,1-2H3,(H,24,27)(H,25,28)(H,30,31)(H4,21,22,23)/t11-,12-,13-,14-/m0/s1. The maximum atomic E-state index is 13.0. The summed E-state index contributed by atoms with van der Waals surface area (Å²) in [5.41, 5.74) is 16.3. The van der Waals surface area contributed by atoms with Gasteiger partial charge in [0.2, 0.25) is 17.7 Å². The van der Waals surface area contributed by atoms with E-state index in [1.807, 2.05) is 0 Å². The van der Waals surface area contributed by atoms with E-state index >= 15 is 0 Å². The molecule has 1 aliphatic heterocycles. The molecule has 0 aliphatic carbocycles. The SMILES string of the molecule is CC(C)[C@H](NC(=O)[C@H](CS)NC(=O)[C@@H](N)CCCN=C(N)N)C(=O)N1CCC[C@H]1C(=O)O. The second-order valence-electron chi connectivity index (χ2n) is 8.06. The molecule has 0 aromatic rings. The summed E-state index contributed by atoms with van der Waals surface area (Å²) in [6.07, 6.45) is 1.74. The number of rotatable bonds is 12. The third-order valence-corrected chi connectivity index (χ3v) is 5.54. The summed E-state index contributed by atoms with van der Waals surface area (Å²) in [4.78, 5) is 54.6. The molecule has 12 nitrogen and oxygen atoms in total. The molecule has 0 spiro atoms. The maximum Gasteiger partial charge on any atom is 0.326 e. The molecule has 1 heterocycles. The van der Waals surface area contributed by atoms with Gasteiger partial charge < -0.3 is 37.8 Å². The zero-order valence-electron chi connectivity index (χ0n) is 18.5. The Balaban J connectivity index is 2.73. The van der Waals surface area contributed by atoms with Crippen molar-refractivity contribution in [2.24, 2.45) is 28.1 Å². The van der Waals surface area contributed by atoms with Gasteiger partial charge in [-0.2, -0.15) is 12.6 Å². The molecule has 1 aliphatic rings. The van der Waals surface area contributed by atoms with Gasteiger partial charge in [0.15, 0.2) is 5.96 Å². The van der Waals surface area contributed by atoms with Gasteiger partial charge in [-0.3, -0.25) is 19.4 Å². The summed E-state index contributed by atoms with van der Waals surface area (Å²) in [6.45, 7) is 4.13. The molecule has 1 rings (SSSR count). The second kappa shape index (κ2) is 13.1. The number of hydrogen-bond acceptors (Lipinski definition) is 7. The molecule has 0 unspecified atom stereocenters. The lowest BCUT2D eigenvalue weighted by atomic mass is 10.0. The topological polar surface area (TPSA) is 206 Å².